The van der Waals surface area contributed by atoms with E-state index in [-0.39, 0.29) is 17.5 Å². The van der Waals surface area contributed by atoms with E-state index >= 15 is 0 Å². The fraction of sp³-hybridized carbons (Fsp3) is 0.400. The molecule has 4 rings (SSSR count). The Labute approximate surface area is 160 Å². The molecule has 1 N–H and O–H groups in total. The molecule has 7 heteroatoms. The van der Waals surface area contributed by atoms with Crippen molar-refractivity contribution in [2.24, 2.45) is 5.92 Å². The van der Waals surface area contributed by atoms with Crippen LogP contribution in [0.2, 0.25) is 0 Å². The summed E-state index contributed by atoms with van der Waals surface area (Å²) in [7, 11) is 0. The van der Waals surface area contributed by atoms with Gasteiger partial charge in [0.1, 0.15) is 5.82 Å². The second kappa shape index (κ2) is 6.73. The van der Waals surface area contributed by atoms with Crippen LogP contribution in [0, 0.1) is 11.7 Å². The molecule has 142 valence electrons. The summed E-state index contributed by atoms with van der Waals surface area (Å²) in [6, 6.07) is 7.99. The van der Waals surface area contributed by atoms with Crippen LogP contribution in [0.4, 0.5) is 4.39 Å². The van der Waals surface area contributed by atoms with Crippen LogP contribution in [0.3, 0.4) is 0 Å². The zero-order valence-electron chi connectivity index (χ0n) is 14.9. The Balaban J connectivity index is 1.74. The number of nitrogens with zero attached hydrogens (tertiary/aromatic N) is 1. The number of benzene rings is 1. The highest BCUT2D eigenvalue weighted by Crippen LogP contribution is 2.52. The number of hydrogen-bond acceptors (Lipinski definition) is 5. The first-order valence-electron chi connectivity index (χ1n) is 8.96. The van der Waals surface area contributed by atoms with Crippen LogP contribution in [0.15, 0.2) is 30.3 Å². The number of aliphatic carboxylic acids is 1. The summed E-state index contributed by atoms with van der Waals surface area (Å²) in [5.41, 5.74) is -0.184. The molecule has 1 saturated carbocycles. The number of hydrogen-bond donors (Lipinski definition) is 1. The molecule has 5 nitrogen and oxygen atoms in total. The summed E-state index contributed by atoms with van der Waals surface area (Å²) in [5, 5.41) is 10.8. The van der Waals surface area contributed by atoms with Gasteiger partial charge >= 0.3 is 11.9 Å². The van der Waals surface area contributed by atoms with Gasteiger partial charge in [-0.1, -0.05) is 18.2 Å². The number of halogens is 1. The standard InChI is InChI=1S/C20H20FNO4S/c1-12(23)26-18-10-13-11-22(9-8-17(13)27-18)20(19(24)25,14-6-7-14)15-4-2-3-5-16(15)21/h2-5,10,14H,6-9,11H2,1H3,(H,24,25). The van der Waals surface area contributed by atoms with Crippen LogP contribution in [-0.4, -0.2) is 28.5 Å². The van der Waals surface area contributed by atoms with Crippen molar-refractivity contribution < 1.29 is 23.8 Å². The van der Waals surface area contributed by atoms with E-state index in [0.29, 0.717) is 24.6 Å². The van der Waals surface area contributed by atoms with Crippen molar-refractivity contribution in [3.05, 3.63) is 52.2 Å². The fourth-order valence-corrected chi connectivity index (χ4v) is 5.19. The van der Waals surface area contributed by atoms with Crippen LogP contribution < -0.4 is 4.74 Å². The van der Waals surface area contributed by atoms with Gasteiger partial charge in [-0.2, -0.15) is 0 Å². The smallest absolute Gasteiger partial charge is 0.329 e. The van der Waals surface area contributed by atoms with Crippen LogP contribution in [0.1, 0.15) is 35.8 Å². The fourth-order valence-electron chi connectivity index (χ4n) is 4.14. The van der Waals surface area contributed by atoms with Crippen LogP contribution in [-0.2, 0) is 28.1 Å². The largest absolute Gasteiger partial charge is 0.480 e. The average molecular weight is 389 g/mol. The third-order valence-corrected chi connectivity index (χ3v) is 6.48. The molecule has 2 aromatic rings. The highest BCUT2D eigenvalue weighted by molar-refractivity contribution is 7.14. The third kappa shape index (κ3) is 3.04. The quantitative estimate of drug-likeness (QED) is 0.792. The Bertz CT molecular complexity index is 907. The Morgan fingerprint density at radius 3 is 2.70 bits per heavy atom. The minimum Gasteiger partial charge on any atom is -0.480 e. The molecular formula is C20H20FNO4S. The number of ether oxygens (including phenoxy) is 1. The molecule has 2 aliphatic rings. The lowest BCUT2D eigenvalue weighted by Crippen LogP contribution is -2.55. The van der Waals surface area contributed by atoms with Crippen molar-refractivity contribution in [1.29, 1.82) is 0 Å². The van der Waals surface area contributed by atoms with Gasteiger partial charge in [0.05, 0.1) is 0 Å². The monoisotopic (exact) mass is 389 g/mol. The molecule has 0 spiro atoms. The van der Waals surface area contributed by atoms with E-state index in [2.05, 4.69) is 0 Å². The molecule has 0 radical (unpaired) electrons. The lowest BCUT2D eigenvalue weighted by molar-refractivity contribution is -0.156. The molecule has 2 heterocycles. The van der Waals surface area contributed by atoms with Crippen molar-refractivity contribution in [3.63, 3.8) is 0 Å². The summed E-state index contributed by atoms with van der Waals surface area (Å²) in [6.07, 6.45) is 2.19. The van der Waals surface area contributed by atoms with E-state index in [1.807, 2.05) is 4.90 Å². The molecule has 1 unspecified atom stereocenters. The minimum atomic E-state index is -1.37. The zero-order valence-corrected chi connectivity index (χ0v) is 15.7. The molecule has 1 fully saturated rings. The lowest BCUT2D eigenvalue weighted by atomic mass is 9.81. The molecule has 1 aliphatic carbocycles. The number of fused-ring (bicyclic) bond motifs is 1. The number of esters is 1. The van der Waals surface area contributed by atoms with Crippen LogP contribution in [0.5, 0.6) is 5.06 Å². The average Bonchev–Trinajstić information content (AvgIpc) is 3.36. The Kier molecular flexibility index (Phi) is 4.52. The number of thiophene rings is 1. The summed E-state index contributed by atoms with van der Waals surface area (Å²) < 4.78 is 19.9. The van der Waals surface area contributed by atoms with Gasteiger partial charge in [-0.25, -0.2) is 9.18 Å². The van der Waals surface area contributed by atoms with Gasteiger partial charge < -0.3 is 9.84 Å². The molecule has 1 aliphatic heterocycles. The first-order chi connectivity index (χ1) is 12.9. The van der Waals surface area contributed by atoms with Crippen molar-refractivity contribution in [1.82, 2.24) is 4.90 Å². The van der Waals surface area contributed by atoms with Gasteiger partial charge in [0.25, 0.3) is 0 Å². The normalized spacial score (nSPS) is 19.2. The van der Waals surface area contributed by atoms with Gasteiger partial charge in [0.15, 0.2) is 10.6 Å². The summed E-state index contributed by atoms with van der Waals surface area (Å²) in [4.78, 5) is 26.7. The first-order valence-corrected chi connectivity index (χ1v) is 9.78. The predicted octanol–water partition coefficient (Wildman–Crippen LogP) is 3.56. The molecule has 0 bridgehead atoms. The lowest BCUT2D eigenvalue weighted by Gasteiger charge is -2.43. The van der Waals surface area contributed by atoms with E-state index < -0.39 is 17.3 Å². The maximum Gasteiger partial charge on any atom is 0.329 e. The van der Waals surface area contributed by atoms with E-state index in [1.54, 1.807) is 24.3 Å². The zero-order chi connectivity index (χ0) is 19.2. The number of carboxylic acid groups (broad SMARTS) is 1. The Morgan fingerprint density at radius 1 is 1.33 bits per heavy atom. The van der Waals surface area contributed by atoms with Gasteiger partial charge in [-0.15, -0.1) is 11.3 Å². The highest BCUT2D eigenvalue weighted by atomic mass is 32.1. The molecule has 0 saturated heterocycles. The number of carbonyl (C=O) groups excluding carboxylic acids is 1. The molecule has 27 heavy (non-hydrogen) atoms. The van der Waals surface area contributed by atoms with E-state index in [0.717, 1.165) is 23.3 Å². The van der Waals surface area contributed by atoms with E-state index in [4.69, 9.17) is 4.74 Å². The molecule has 0 amide bonds. The number of rotatable bonds is 5. The number of carboxylic acids is 1. The summed E-state index contributed by atoms with van der Waals surface area (Å²) in [6.45, 7) is 2.26. The predicted molar refractivity (Wildman–Crippen MR) is 98.2 cm³/mol. The minimum absolute atomic E-state index is 0.111. The maximum absolute atomic E-state index is 14.7. The number of carbonyl (C=O) groups is 2. The van der Waals surface area contributed by atoms with Gasteiger partial charge in [0.2, 0.25) is 0 Å². The second-order valence-electron chi connectivity index (χ2n) is 7.10. The summed E-state index contributed by atoms with van der Waals surface area (Å²) in [5.74, 6) is -1.98. The van der Waals surface area contributed by atoms with Gasteiger partial charge in [-0.05, 0) is 42.9 Å². The highest BCUT2D eigenvalue weighted by Gasteiger charge is 2.57. The SMILES string of the molecule is CC(=O)Oc1cc2c(s1)CCN(C(C(=O)O)(c1ccccc1F)C1CC1)C2. The molecular weight excluding hydrogens is 369 g/mol. The molecule has 1 aromatic carbocycles. The van der Waals surface area contributed by atoms with Crippen molar-refractivity contribution in [2.45, 2.75) is 38.3 Å². The second-order valence-corrected chi connectivity index (χ2v) is 8.20. The summed E-state index contributed by atoms with van der Waals surface area (Å²) >= 11 is 1.42. The third-order valence-electron chi connectivity index (χ3n) is 5.37. The van der Waals surface area contributed by atoms with Crippen molar-refractivity contribution in [3.8, 4) is 5.06 Å². The van der Waals surface area contributed by atoms with Gasteiger partial charge in [-0.3, -0.25) is 9.69 Å². The molecule has 1 aromatic heterocycles. The Morgan fingerprint density at radius 2 is 2.07 bits per heavy atom. The van der Waals surface area contributed by atoms with E-state index in [1.165, 1.54) is 24.3 Å². The topological polar surface area (TPSA) is 66.8 Å². The van der Waals surface area contributed by atoms with Gasteiger partial charge in [0, 0.05) is 30.5 Å². The van der Waals surface area contributed by atoms with Crippen LogP contribution in [0.25, 0.3) is 0 Å². The van der Waals surface area contributed by atoms with Crippen molar-refractivity contribution in [2.75, 3.05) is 6.54 Å². The van der Waals surface area contributed by atoms with Crippen LogP contribution >= 0.6 is 11.3 Å². The first kappa shape index (κ1) is 18.1. The Hall–Kier alpha value is -2.25. The van der Waals surface area contributed by atoms with Crippen molar-refractivity contribution >= 4 is 23.3 Å². The van der Waals surface area contributed by atoms with E-state index in [9.17, 15) is 19.1 Å². The molecule has 1 atom stereocenters. The maximum atomic E-state index is 14.7.